The van der Waals surface area contributed by atoms with E-state index >= 15 is 0 Å². The summed E-state index contributed by atoms with van der Waals surface area (Å²) in [5, 5.41) is 3.20. The molecule has 1 aliphatic heterocycles. The van der Waals surface area contributed by atoms with Crippen molar-refractivity contribution in [1.29, 1.82) is 0 Å². The summed E-state index contributed by atoms with van der Waals surface area (Å²) in [5.41, 5.74) is 3.89. The first-order valence-corrected chi connectivity index (χ1v) is 10.3. The van der Waals surface area contributed by atoms with Gasteiger partial charge in [-0.1, -0.05) is 18.2 Å². The van der Waals surface area contributed by atoms with E-state index in [-0.39, 0.29) is 18.0 Å². The van der Waals surface area contributed by atoms with Crippen LogP contribution in [0.2, 0.25) is 0 Å². The molecule has 1 aromatic rings. The Morgan fingerprint density at radius 3 is 2.44 bits per heavy atom. The van der Waals surface area contributed by atoms with Crippen LogP contribution in [0.5, 0.6) is 0 Å². The Morgan fingerprint density at radius 1 is 1.15 bits per heavy atom. The van der Waals surface area contributed by atoms with Crippen LogP contribution < -0.4 is 5.32 Å². The molecule has 27 heavy (non-hydrogen) atoms. The third-order valence-electron chi connectivity index (χ3n) is 5.94. The number of piperidine rings is 1. The quantitative estimate of drug-likeness (QED) is 0.823. The summed E-state index contributed by atoms with van der Waals surface area (Å²) in [5.74, 6) is 1.10. The zero-order chi connectivity index (χ0) is 19.4. The van der Waals surface area contributed by atoms with Crippen molar-refractivity contribution in [2.75, 3.05) is 19.7 Å². The first kappa shape index (κ1) is 19.7. The predicted molar refractivity (Wildman–Crippen MR) is 106 cm³/mol. The van der Waals surface area contributed by atoms with Crippen LogP contribution in [-0.2, 0) is 9.53 Å². The topological polar surface area (TPSA) is 58.6 Å². The van der Waals surface area contributed by atoms with E-state index in [9.17, 15) is 9.59 Å². The first-order valence-electron chi connectivity index (χ1n) is 10.3. The molecule has 0 bridgehead atoms. The smallest absolute Gasteiger partial charge is 0.409 e. The Morgan fingerprint density at radius 2 is 1.85 bits per heavy atom. The summed E-state index contributed by atoms with van der Waals surface area (Å²) in [6, 6.07) is 6.77. The third kappa shape index (κ3) is 5.24. The molecule has 1 atom stereocenters. The van der Waals surface area contributed by atoms with Crippen molar-refractivity contribution in [2.24, 2.45) is 5.92 Å². The highest BCUT2D eigenvalue weighted by atomic mass is 16.6. The number of rotatable bonds is 6. The number of ether oxygens (including phenoxy) is 1. The summed E-state index contributed by atoms with van der Waals surface area (Å²) >= 11 is 0. The fourth-order valence-corrected chi connectivity index (χ4v) is 3.96. The standard InChI is InChI=1S/C22H32N2O3/c1-4-27-22(26)24-11-9-19(10-12-24)23-21(25)14-20(17-7-8-17)18-6-5-15(2)16(3)13-18/h5-6,13,17,19-20H,4,7-12,14H2,1-3H3,(H,23,25). The Kier molecular flexibility index (Phi) is 6.40. The van der Waals surface area contributed by atoms with Crippen LogP contribution in [0.1, 0.15) is 61.6 Å². The van der Waals surface area contributed by atoms with Crippen LogP contribution in [-0.4, -0.2) is 42.6 Å². The third-order valence-corrected chi connectivity index (χ3v) is 5.94. The van der Waals surface area contributed by atoms with E-state index in [0.717, 1.165) is 12.8 Å². The maximum absolute atomic E-state index is 12.7. The molecule has 0 spiro atoms. The number of nitrogens with one attached hydrogen (secondary N) is 1. The maximum atomic E-state index is 12.7. The van der Waals surface area contributed by atoms with Crippen molar-refractivity contribution in [2.45, 2.75) is 64.8 Å². The van der Waals surface area contributed by atoms with E-state index < -0.39 is 0 Å². The van der Waals surface area contributed by atoms with Gasteiger partial charge in [0.05, 0.1) is 6.61 Å². The second-order valence-electron chi connectivity index (χ2n) is 8.02. The van der Waals surface area contributed by atoms with Crippen LogP contribution in [0.4, 0.5) is 4.79 Å². The molecule has 1 heterocycles. The fraction of sp³-hybridized carbons (Fsp3) is 0.636. The lowest BCUT2D eigenvalue weighted by Crippen LogP contribution is -2.46. The molecule has 2 fully saturated rings. The lowest BCUT2D eigenvalue weighted by atomic mass is 9.88. The van der Waals surface area contributed by atoms with Crippen molar-refractivity contribution in [1.82, 2.24) is 10.2 Å². The van der Waals surface area contributed by atoms with Crippen LogP contribution in [0, 0.1) is 19.8 Å². The zero-order valence-electron chi connectivity index (χ0n) is 16.8. The number of benzene rings is 1. The second-order valence-corrected chi connectivity index (χ2v) is 8.02. The molecule has 1 saturated heterocycles. The second kappa shape index (κ2) is 8.77. The van der Waals surface area contributed by atoms with Gasteiger partial charge in [-0.15, -0.1) is 0 Å². The molecular formula is C22H32N2O3. The number of nitrogens with zero attached hydrogens (tertiary/aromatic N) is 1. The summed E-state index contributed by atoms with van der Waals surface area (Å²) in [6.07, 6.45) is 4.35. The van der Waals surface area contributed by atoms with Gasteiger partial charge in [-0.2, -0.15) is 0 Å². The van der Waals surface area contributed by atoms with E-state index in [4.69, 9.17) is 4.74 Å². The van der Waals surface area contributed by atoms with E-state index in [1.807, 2.05) is 6.92 Å². The van der Waals surface area contributed by atoms with Crippen LogP contribution >= 0.6 is 0 Å². The number of hydrogen-bond donors (Lipinski definition) is 1. The molecule has 0 aromatic heterocycles. The van der Waals surface area contributed by atoms with E-state index in [2.05, 4.69) is 37.4 Å². The Hall–Kier alpha value is -2.04. The first-order chi connectivity index (χ1) is 13.0. The molecule has 1 N–H and O–H groups in total. The Bertz CT molecular complexity index is 676. The van der Waals surface area contributed by atoms with Gasteiger partial charge in [0.2, 0.25) is 5.91 Å². The molecule has 2 amide bonds. The number of amides is 2. The van der Waals surface area contributed by atoms with Crippen molar-refractivity contribution in [3.05, 3.63) is 34.9 Å². The molecule has 1 aromatic carbocycles. The van der Waals surface area contributed by atoms with Gasteiger partial charge in [0.25, 0.3) is 0 Å². The number of aryl methyl sites for hydroxylation is 2. The molecule has 148 valence electrons. The SMILES string of the molecule is CCOC(=O)N1CCC(NC(=O)CC(c2ccc(C)c(C)c2)C2CC2)CC1. The van der Waals surface area contributed by atoms with Crippen molar-refractivity contribution >= 4 is 12.0 Å². The minimum atomic E-state index is -0.245. The monoisotopic (exact) mass is 372 g/mol. The summed E-state index contributed by atoms with van der Waals surface area (Å²) < 4.78 is 5.05. The number of likely N-dealkylation sites (tertiary alicyclic amines) is 1. The summed E-state index contributed by atoms with van der Waals surface area (Å²) in [4.78, 5) is 26.2. The number of carbonyl (C=O) groups is 2. The van der Waals surface area contributed by atoms with Crippen LogP contribution in [0.15, 0.2) is 18.2 Å². The lowest BCUT2D eigenvalue weighted by molar-refractivity contribution is -0.122. The van der Waals surface area contributed by atoms with Gasteiger partial charge >= 0.3 is 6.09 Å². The largest absolute Gasteiger partial charge is 0.450 e. The van der Waals surface area contributed by atoms with Gasteiger partial charge < -0.3 is 15.0 Å². The Balaban J connectivity index is 1.52. The average Bonchev–Trinajstić information content (AvgIpc) is 3.48. The lowest BCUT2D eigenvalue weighted by Gasteiger charge is -2.32. The predicted octanol–water partition coefficient (Wildman–Crippen LogP) is 3.92. The van der Waals surface area contributed by atoms with Crippen LogP contribution in [0.25, 0.3) is 0 Å². The molecule has 0 radical (unpaired) electrons. The molecule has 2 aliphatic rings. The molecule has 5 nitrogen and oxygen atoms in total. The van der Waals surface area contributed by atoms with Gasteiger partial charge in [0, 0.05) is 25.6 Å². The maximum Gasteiger partial charge on any atom is 0.409 e. The van der Waals surface area contributed by atoms with Crippen molar-refractivity contribution in [3.63, 3.8) is 0 Å². The van der Waals surface area contributed by atoms with Gasteiger partial charge in [0.1, 0.15) is 0 Å². The molecule has 1 unspecified atom stereocenters. The summed E-state index contributed by atoms with van der Waals surface area (Å²) in [6.45, 7) is 7.77. The van der Waals surface area contributed by atoms with Crippen molar-refractivity contribution < 1.29 is 14.3 Å². The zero-order valence-corrected chi connectivity index (χ0v) is 16.8. The molecule has 1 saturated carbocycles. The average molecular weight is 373 g/mol. The van der Waals surface area contributed by atoms with Crippen molar-refractivity contribution in [3.8, 4) is 0 Å². The highest BCUT2D eigenvalue weighted by Gasteiger charge is 2.34. The Labute approximate surface area is 162 Å². The van der Waals surface area contributed by atoms with Gasteiger partial charge in [-0.25, -0.2) is 4.79 Å². The highest BCUT2D eigenvalue weighted by molar-refractivity contribution is 5.77. The van der Waals surface area contributed by atoms with Crippen LogP contribution in [0.3, 0.4) is 0 Å². The fourth-order valence-electron chi connectivity index (χ4n) is 3.96. The molecule has 3 rings (SSSR count). The van der Waals surface area contributed by atoms with Gasteiger partial charge in [0.15, 0.2) is 0 Å². The van der Waals surface area contributed by atoms with E-state index in [1.54, 1.807) is 4.90 Å². The number of hydrogen-bond acceptors (Lipinski definition) is 3. The number of carbonyl (C=O) groups excluding carboxylic acids is 2. The van der Waals surface area contributed by atoms with Gasteiger partial charge in [-0.3, -0.25) is 4.79 Å². The summed E-state index contributed by atoms with van der Waals surface area (Å²) in [7, 11) is 0. The highest BCUT2D eigenvalue weighted by Crippen LogP contribution is 2.44. The molecule has 1 aliphatic carbocycles. The molecular weight excluding hydrogens is 340 g/mol. The van der Waals surface area contributed by atoms with E-state index in [0.29, 0.717) is 38.0 Å². The minimum absolute atomic E-state index is 0.139. The molecule has 5 heteroatoms. The van der Waals surface area contributed by atoms with Gasteiger partial charge in [-0.05, 0) is 75.0 Å². The minimum Gasteiger partial charge on any atom is -0.450 e. The van der Waals surface area contributed by atoms with E-state index in [1.165, 1.54) is 29.5 Å². The normalized spacial score (nSPS) is 18.9.